The molecule has 0 aliphatic carbocycles. The van der Waals surface area contributed by atoms with Gasteiger partial charge in [-0.1, -0.05) is 0 Å². The van der Waals surface area contributed by atoms with Gasteiger partial charge in [-0.25, -0.2) is 0 Å². The molecule has 0 saturated carbocycles. The summed E-state index contributed by atoms with van der Waals surface area (Å²) in [6.07, 6.45) is -4.94. The van der Waals surface area contributed by atoms with Crippen LogP contribution in [-0.2, 0) is 23.7 Å². The quantitative estimate of drug-likeness (QED) is 0.426. The first-order valence-electron chi connectivity index (χ1n) is 8.13. The Morgan fingerprint density at radius 3 is 2.25 bits per heavy atom. The van der Waals surface area contributed by atoms with Crippen molar-refractivity contribution in [2.24, 2.45) is 0 Å². The van der Waals surface area contributed by atoms with Gasteiger partial charge >= 0.3 is 0 Å². The van der Waals surface area contributed by atoms with Gasteiger partial charge in [-0.15, -0.1) is 0 Å². The molecule has 0 amide bonds. The van der Waals surface area contributed by atoms with Crippen molar-refractivity contribution in [1.29, 1.82) is 0 Å². The molecular formula is C15H28O9. The molecule has 9 nitrogen and oxygen atoms in total. The van der Waals surface area contributed by atoms with E-state index in [-0.39, 0.29) is 25.7 Å². The van der Waals surface area contributed by atoms with Crippen molar-refractivity contribution in [2.75, 3.05) is 27.4 Å². The maximum absolute atomic E-state index is 10.2. The number of aliphatic hydroxyl groups is 4. The molecule has 2 aliphatic heterocycles. The fourth-order valence-electron chi connectivity index (χ4n) is 3.00. The van der Waals surface area contributed by atoms with Crippen LogP contribution < -0.4 is 0 Å². The van der Waals surface area contributed by atoms with Crippen LogP contribution in [0.4, 0.5) is 0 Å². The number of methoxy groups -OCH3 is 2. The highest BCUT2D eigenvalue weighted by Gasteiger charge is 2.39. The topological polar surface area (TPSA) is 127 Å². The monoisotopic (exact) mass is 352 g/mol. The molecule has 9 heteroatoms. The third-order valence-corrected chi connectivity index (χ3v) is 4.45. The zero-order valence-electron chi connectivity index (χ0n) is 14.0. The third-order valence-electron chi connectivity index (χ3n) is 4.45. The molecule has 2 rings (SSSR count). The second-order valence-electron chi connectivity index (χ2n) is 6.12. The number of hydrogen-bond acceptors (Lipinski definition) is 9. The van der Waals surface area contributed by atoms with Crippen LogP contribution in [-0.4, -0.2) is 97.1 Å². The summed E-state index contributed by atoms with van der Waals surface area (Å²) in [5.74, 6) is 0. The minimum atomic E-state index is -1.08. The Kier molecular flexibility index (Phi) is 7.79. The summed E-state index contributed by atoms with van der Waals surface area (Å²) in [6, 6.07) is 0. The first kappa shape index (κ1) is 20.0. The van der Waals surface area contributed by atoms with Crippen LogP contribution >= 0.6 is 0 Å². The van der Waals surface area contributed by atoms with Crippen molar-refractivity contribution in [3.8, 4) is 0 Å². The van der Waals surface area contributed by atoms with Gasteiger partial charge in [-0.2, -0.15) is 0 Å². The van der Waals surface area contributed by atoms with Crippen molar-refractivity contribution in [3.05, 3.63) is 0 Å². The van der Waals surface area contributed by atoms with Crippen LogP contribution in [0.15, 0.2) is 0 Å². The van der Waals surface area contributed by atoms with Crippen LogP contribution in [0.5, 0.6) is 0 Å². The van der Waals surface area contributed by atoms with E-state index in [9.17, 15) is 20.4 Å². The van der Waals surface area contributed by atoms with E-state index in [0.29, 0.717) is 12.8 Å². The maximum Gasteiger partial charge on any atom is 0.186 e. The summed E-state index contributed by atoms with van der Waals surface area (Å²) < 4.78 is 26.8. The Morgan fingerprint density at radius 2 is 1.62 bits per heavy atom. The van der Waals surface area contributed by atoms with Gasteiger partial charge in [0.25, 0.3) is 0 Å². The van der Waals surface area contributed by atoms with E-state index in [1.165, 1.54) is 14.2 Å². The SMILES string of the molecule is COC1CC(CO)O[C@@H](OCCC2CC(O)C(O)[C@H](OC)O2)C1O. The van der Waals surface area contributed by atoms with E-state index in [1.807, 2.05) is 0 Å². The smallest absolute Gasteiger partial charge is 0.186 e. The molecule has 4 N–H and O–H groups in total. The molecular weight excluding hydrogens is 324 g/mol. The van der Waals surface area contributed by atoms with Crippen LogP contribution in [0.2, 0.25) is 0 Å². The van der Waals surface area contributed by atoms with Crippen molar-refractivity contribution in [3.63, 3.8) is 0 Å². The number of aliphatic hydroxyl groups excluding tert-OH is 4. The van der Waals surface area contributed by atoms with Gasteiger partial charge in [0.2, 0.25) is 0 Å². The number of hydrogen-bond donors (Lipinski definition) is 4. The van der Waals surface area contributed by atoms with E-state index in [4.69, 9.17) is 23.7 Å². The Hall–Kier alpha value is -0.360. The minimum absolute atomic E-state index is 0.183. The van der Waals surface area contributed by atoms with Gasteiger partial charge in [-0.3, -0.25) is 0 Å². The molecule has 0 aromatic carbocycles. The maximum atomic E-state index is 10.2. The summed E-state index contributed by atoms with van der Waals surface area (Å²) >= 11 is 0. The first-order valence-corrected chi connectivity index (χ1v) is 8.13. The van der Waals surface area contributed by atoms with Gasteiger partial charge in [0, 0.05) is 27.1 Å². The molecule has 2 fully saturated rings. The number of rotatable bonds is 7. The number of ether oxygens (including phenoxy) is 5. The van der Waals surface area contributed by atoms with Crippen LogP contribution in [0.25, 0.3) is 0 Å². The molecule has 0 radical (unpaired) electrons. The summed E-state index contributed by atoms with van der Waals surface area (Å²) in [4.78, 5) is 0. The average Bonchev–Trinajstić information content (AvgIpc) is 2.59. The van der Waals surface area contributed by atoms with E-state index in [0.717, 1.165) is 0 Å². The molecule has 2 aliphatic rings. The normalized spacial score (nSPS) is 43.8. The third kappa shape index (κ3) is 4.84. The molecule has 142 valence electrons. The summed E-state index contributed by atoms with van der Waals surface area (Å²) in [6.45, 7) is 0.0258. The second kappa shape index (κ2) is 9.37. The van der Waals surface area contributed by atoms with Crippen LogP contribution in [0.3, 0.4) is 0 Å². The molecule has 8 atom stereocenters. The lowest BCUT2D eigenvalue weighted by atomic mass is 10.0. The van der Waals surface area contributed by atoms with E-state index < -0.39 is 43.1 Å². The van der Waals surface area contributed by atoms with Gasteiger partial charge in [-0.05, 0) is 6.42 Å². The Bertz CT molecular complexity index is 369. The zero-order chi connectivity index (χ0) is 17.7. The highest BCUT2D eigenvalue weighted by molar-refractivity contribution is 4.83. The Labute approximate surface area is 141 Å². The van der Waals surface area contributed by atoms with Gasteiger partial charge in [0.05, 0.1) is 37.6 Å². The molecule has 0 aromatic heterocycles. The van der Waals surface area contributed by atoms with Crippen molar-refractivity contribution in [2.45, 2.75) is 68.5 Å². The molecule has 0 aromatic rings. The molecule has 0 spiro atoms. The van der Waals surface area contributed by atoms with Crippen LogP contribution in [0, 0.1) is 0 Å². The van der Waals surface area contributed by atoms with Crippen molar-refractivity contribution >= 4 is 0 Å². The van der Waals surface area contributed by atoms with Crippen LogP contribution in [0.1, 0.15) is 19.3 Å². The fraction of sp³-hybridized carbons (Fsp3) is 1.00. The fourth-order valence-corrected chi connectivity index (χ4v) is 3.00. The zero-order valence-corrected chi connectivity index (χ0v) is 14.0. The Morgan fingerprint density at radius 1 is 0.917 bits per heavy atom. The predicted octanol–water partition coefficient (Wildman–Crippen LogP) is -1.64. The van der Waals surface area contributed by atoms with E-state index in [2.05, 4.69) is 0 Å². The Balaban J connectivity index is 1.80. The lowest BCUT2D eigenvalue weighted by molar-refractivity contribution is -0.282. The first-order chi connectivity index (χ1) is 11.5. The highest BCUT2D eigenvalue weighted by atomic mass is 16.7. The summed E-state index contributed by atoms with van der Waals surface area (Å²) in [5.41, 5.74) is 0. The molecule has 6 unspecified atom stereocenters. The van der Waals surface area contributed by atoms with Gasteiger partial charge in [0.15, 0.2) is 12.6 Å². The van der Waals surface area contributed by atoms with E-state index in [1.54, 1.807) is 0 Å². The molecule has 0 bridgehead atoms. The van der Waals surface area contributed by atoms with Gasteiger partial charge in [0.1, 0.15) is 12.2 Å². The lowest BCUT2D eigenvalue weighted by Crippen LogP contribution is -2.51. The lowest BCUT2D eigenvalue weighted by Gasteiger charge is -2.38. The minimum Gasteiger partial charge on any atom is -0.394 e. The second-order valence-corrected chi connectivity index (χ2v) is 6.12. The highest BCUT2D eigenvalue weighted by Crippen LogP contribution is 2.25. The van der Waals surface area contributed by atoms with Crippen molar-refractivity contribution in [1.82, 2.24) is 0 Å². The molecule has 24 heavy (non-hydrogen) atoms. The predicted molar refractivity (Wildman–Crippen MR) is 80.0 cm³/mol. The standard InChI is InChI=1S/C15H28O9/c1-20-11-6-9(7-16)24-15(13(11)19)22-4-3-8-5-10(17)12(18)14(21-2)23-8/h8-19H,3-7H2,1-2H3/t8?,9?,10?,11?,12?,13?,14-,15-/m1/s1. The molecule has 2 heterocycles. The van der Waals surface area contributed by atoms with Gasteiger partial charge < -0.3 is 44.1 Å². The largest absolute Gasteiger partial charge is 0.394 e. The molecule has 2 saturated heterocycles. The average molecular weight is 352 g/mol. The van der Waals surface area contributed by atoms with E-state index >= 15 is 0 Å². The summed E-state index contributed by atoms with van der Waals surface area (Å²) in [5, 5.41) is 38.9. The summed E-state index contributed by atoms with van der Waals surface area (Å²) in [7, 11) is 2.88. The van der Waals surface area contributed by atoms with Crippen molar-refractivity contribution < 1.29 is 44.1 Å².